The third kappa shape index (κ3) is 3.71. The number of rotatable bonds is 6. The van der Waals surface area contributed by atoms with Crippen LogP contribution in [-0.2, 0) is 17.1 Å². The second-order valence-corrected chi connectivity index (χ2v) is 8.37. The van der Waals surface area contributed by atoms with Crippen LogP contribution in [0, 0.1) is 0 Å². The van der Waals surface area contributed by atoms with E-state index in [9.17, 15) is 13.2 Å². The highest BCUT2D eigenvalue weighted by Crippen LogP contribution is 2.35. The number of fused-ring (bicyclic) bond motifs is 1. The minimum absolute atomic E-state index is 0.108. The Labute approximate surface area is 170 Å². The SMILES string of the molecule is COc1cc(Br)c(S(=O)(=O)NNC(=O)c2cn(C)c3ccccc23)cc1OC. The van der Waals surface area contributed by atoms with Crippen LogP contribution in [0.15, 0.2) is 52.0 Å². The second-order valence-electron chi connectivity index (χ2n) is 5.87. The van der Waals surface area contributed by atoms with Crippen molar-refractivity contribution < 1.29 is 22.7 Å². The largest absolute Gasteiger partial charge is 0.493 e. The van der Waals surface area contributed by atoms with Crippen molar-refractivity contribution in [3.8, 4) is 11.5 Å². The zero-order valence-corrected chi connectivity index (χ0v) is 17.7. The van der Waals surface area contributed by atoms with Gasteiger partial charge < -0.3 is 14.0 Å². The average Bonchev–Trinajstić information content (AvgIpc) is 3.02. The Morgan fingerprint density at radius 1 is 1.11 bits per heavy atom. The first-order valence-corrected chi connectivity index (χ1v) is 10.3. The van der Waals surface area contributed by atoms with E-state index < -0.39 is 15.9 Å². The topological polar surface area (TPSA) is 98.7 Å². The van der Waals surface area contributed by atoms with Gasteiger partial charge in [0.1, 0.15) is 4.90 Å². The van der Waals surface area contributed by atoms with Crippen molar-refractivity contribution in [1.82, 2.24) is 14.8 Å². The molecule has 0 aliphatic carbocycles. The van der Waals surface area contributed by atoms with Crippen LogP contribution >= 0.6 is 15.9 Å². The smallest absolute Gasteiger partial charge is 0.268 e. The Kier molecular flexibility index (Phi) is 5.64. The molecule has 0 aliphatic rings. The minimum Gasteiger partial charge on any atom is -0.493 e. The predicted octanol–water partition coefficient (Wildman–Crippen LogP) is 2.58. The minimum atomic E-state index is -4.07. The fourth-order valence-electron chi connectivity index (χ4n) is 2.80. The van der Waals surface area contributed by atoms with Gasteiger partial charge in [0.05, 0.1) is 19.8 Å². The molecular weight excluding hydrogens is 450 g/mol. The first-order valence-electron chi connectivity index (χ1n) is 8.06. The number of benzene rings is 2. The highest BCUT2D eigenvalue weighted by atomic mass is 79.9. The predicted molar refractivity (Wildman–Crippen MR) is 108 cm³/mol. The van der Waals surface area contributed by atoms with Crippen molar-refractivity contribution in [3.63, 3.8) is 0 Å². The van der Waals surface area contributed by atoms with Crippen LogP contribution in [0.1, 0.15) is 10.4 Å². The summed E-state index contributed by atoms with van der Waals surface area (Å²) in [4.78, 5) is 14.6. The van der Waals surface area contributed by atoms with Gasteiger partial charge in [0.25, 0.3) is 15.9 Å². The second kappa shape index (κ2) is 7.82. The molecule has 2 aromatic carbocycles. The Morgan fingerprint density at radius 2 is 1.75 bits per heavy atom. The zero-order valence-electron chi connectivity index (χ0n) is 15.3. The van der Waals surface area contributed by atoms with Gasteiger partial charge in [0, 0.05) is 34.7 Å². The van der Waals surface area contributed by atoms with Crippen molar-refractivity contribution >= 4 is 42.8 Å². The van der Waals surface area contributed by atoms with Crippen LogP contribution in [0.4, 0.5) is 0 Å². The van der Waals surface area contributed by atoms with E-state index in [1.807, 2.05) is 25.2 Å². The lowest BCUT2D eigenvalue weighted by Gasteiger charge is -2.13. The van der Waals surface area contributed by atoms with Crippen LogP contribution < -0.4 is 19.7 Å². The fourth-order valence-corrected chi connectivity index (χ4v) is 4.68. The third-order valence-electron chi connectivity index (χ3n) is 4.17. The molecule has 3 rings (SSSR count). The van der Waals surface area contributed by atoms with Gasteiger partial charge in [0.15, 0.2) is 11.5 Å². The lowest BCUT2D eigenvalue weighted by Crippen LogP contribution is -2.41. The molecule has 0 fully saturated rings. The standard InChI is InChI=1S/C18H18BrN3O5S/c1-22-10-12(11-6-4-5-7-14(11)22)18(23)20-21-28(24,25)17-9-16(27-3)15(26-2)8-13(17)19/h4-10,21H,1-3H3,(H,20,23). The molecule has 0 unspecified atom stereocenters. The quantitative estimate of drug-likeness (QED) is 0.542. The number of aromatic nitrogens is 1. The number of hydrogen-bond acceptors (Lipinski definition) is 5. The molecule has 8 nitrogen and oxygen atoms in total. The zero-order chi connectivity index (χ0) is 20.5. The number of para-hydroxylation sites is 1. The van der Waals surface area contributed by atoms with E-state index in [2.05, 4.69) is 26.2 Å². The molecule has 1 amide bonds. The van der Waals surface area contributed by atoms with E-state index in [0.29, 0.717) is 16.7 Å². The van der Waals surface area contributed by atoms with E-state index in [-0.39, 0.29) is 15.1 Å². The maximum absolute atomic E-state index is 12.7. The number of hydrogen-bond donors (Lipinski definition) is 2. The van der Waals surface area contributed by atoms with Crippen LogP contribution in [-0.4, -0.2) is 33.1 Å². The summed E-state index contributed by atoms with van der Waals surface area (Å²) < 4.78 is 37.7. The van der Waals surface area contributed by atoms with E-state index in [1.54, 1.807) is 16.8 Å². The summed E-state index contributed by atoms with van der Waals surface area (Å²) >= 11 is 3.20. The number of ether oxygens (including phenoxy) is 2. The van der Waals surface area contributed by atoms with Crippen molar-refractivity contribution in [2.75, 3.05) is 14.2 Å². The first-order chi connectivity index (χ1) is 13.3. The molecule has 0 bridgehead atoms. The number of aryl methyl sites for hydroxylation is 1. The molecule has 0 saturated heterocycles. The average molecular weight is 468 g/mol. The number of carbonyl (C=O) groups is 1. The number of amides is 1. The molecule has 0 aliphatic heterocycles. The van der Waals surface area contributed by atoms with Gasteiger partial charge in [-0.1, -0.05) is 18.2 Å². The van der Waals surface area contributed by atoms with Crippen molar-refractivity contribution in [2.24, 2.45) is 7.05 Å². The lowest BCUT2D eigenvalue weighted by molar-refractivity contribution is 0.0946. The van der Waals surface area contributed by atoms with E-state index in [4.69, 9.17) is 9.47 Å². The number of nitrogens with zero attached hydrogens (tertiary/aromatic N) is 1. The summed E-state index contributed by atoms with van der Waals surface area (Å²) in [6.45, 7) is 0. The van der Waals surface area contributed by atoms with Crippen molar-refractivity contribution in [1.29, 1.82) is 0 Å². The molecule has 0 saturated carbocycles. The van der Waals surface area contributed by atoms with E-state index in [0.717, 1.165) is 5.52 Å². The molecule has 3 aromatic rings. The van der Waals surface area contributed by atoms with Crippen LogP contribution in [0.25, 0.3) is 10.9 Å². The Balaban J connectivity index is 1.86. The van der Waals surface area contributed by atoms with Gasteiger partial charge in [-0.3, -0.25) is 10.2 Å². The summed E-state index contributed by atoms with van der Waals surface area (Å²) in [5.74, 6) is 0.0385. The van der Waals surface area contributed by atoms with Crippen LogP contribution in [0.2, 0.25) is 0 Å². The molecule has 1 aromatic heterocycles. The van der Waals surface area contributed by atoms with Gasteiger partial charge in [-0.25, -0.2) is 8.42 Å². The molecule has 2 N–H and O–H groups in total. The number of carbonyl (C=O) groups excluding carboxylic acids is 1. The molecule has 0 spiro atoms. The maximum atomic E-state index is 12.7. The molecule has 10 heteroatoms. The van der Waals surface area contributed by atoms with E-state index in [1.165, 1.54) is 26.4 Å². The fraction of sp³-hybridized carbons (Fsp3) is 0.167. The molecular formula is C18H18BrN3O5S. The van der Waals surface area contributed by atoms with E-state index >= 15 is 0 Å². The Hall–Kier alpha value is -2.56. The summed E-state index contributed by atoms with van der Waals surface area (Å²) in [5, 5.41) is 0.717. The highest BCUT2D eigenvalue weighted by molar-refractivity contribution is 9.10. The molecule has 28 heavy (non-hydrogen) atoms. The summed E-state index contributed by atoms with van der Waals surface area (Å²) in [7, 11) is 0.587. The Bertz CT molecular complexity index is 1160. The number of sulfonamides is 1. The third-order valence-corrected chi connectivity index (χ3v) is 6.37. The number of nitrogens with one attached hydrogen (secondary N) is 2. The van der Waals surface area contributed by atoms with Gasteiger partial charge in [-0.05, 0) is 28.1 Å². The Morgan fingerprint density at radius 3 is 2.43 bits per heavy atom. The monoisotopic (exact) mass is 467 g/mol. The summed E-state index contributed by atoms with van der Waals surface area (Å²) in [5.41, 5.74) is 3.47. The van der Waals surface area contributed by atoms with Gasteiger partial charge in [0.2, 0.25) is 0 Å². The molecule has 1 heterocycles. The summed E-state index contributed by atoms with van der Waals surface area (Å²) in [6.07, 6.45) is 1.64. The lowest BCUT2D eigenvalue weighted by atomic mass is 10.2. The molecule has 0 radical (unpaired) electrons. The normalized spacial score (nSPS) is 11.4. The van der Waals surface area contributed by atoms with Crippen LogP contribution in [0.5, 0.6) is 11.5 Å². The molecule has 148 valence electrons. The first kappa shape index (κ1) is 20.2. The number of hydrazine groups is 1. The maximum Gasteiger partial charge on any atom is 0.268 e. The van der Waals surface area contributed by atoms with Crippen molar-refractivity contribution in [2.45, 2.75) is 4.90 Å². The number of halogens is 1. The van der Waals surface area contributed by atoms with Gasteiger partial charge in [-0.2, -0.15) is 0 Å². The van der Waals surface area contributed by atoms with Crippen molar-refractivity contribution in [3.05, 3.63) is 52.6 Å². The highest BCUT2D eigenvalue weighted by Gasteiger charge is 2.23. The molecule has 0 atom stereocenters. The number of methoxy groups -OCH3 is 2. The van der Waals surface area contributed by atoms with Gasteiger partial charge in [-0.15, -0.1) is 4.83 Å². The summed E-state index contributed by atoms with van der Waals surface area (Å²) in [6, 6.07) is 10.1. The van der Waals surface area contributed by atoms with Gasteiger partial charge >= 0.3 is 0 Å². The van der Waals surface area contributed by atoms with Crippen LogP contribution in [0.3, 0.4) is 0 Å².